The molecule has 4 N–H and O–H groups in total. The lowest BCUT2D eigenvalue weighted by molar-refractivity contribution is -0.144. The second-order valence-corrected chi connectivity index (χ2v) is 22.1. The van der Waals surface area contributed by atoms with Crippen LogP contribution in [-0.2, 0) is 51.8 Å². The lowest BCUT2D eigenvalue weighted by Gasteiger charge is -2.39. The Balaban J connectivity index is 0.703. The number of hydrogen-bond donors (Lipinski definition) is 4. The molecule has 3 aliphatic rings. The van der Waals surface area contributed by atoms with Crippen LogP contribution in [0, 0.1) is 23.7 Å². The molecule has 0 saturated carbocycles. The molecule has 1 aliphatic carbocycles. The minimum Gasteiger partial charge on any atom is -0.391 e. The van der Waals surface area contributed by atoms with Crippen LogP contribution in [0.1, 0.15) is 110 Å². The van der Waals surface area contributed by atoms with Gasteiger partial charge in [0.1, 0.15) is 12.1 Å². The molecule has 17 nitrogen and oxygen atoms in total. The van der Waals surface area contributed by atoms with Gasteiger partial charge in [-0.1, -0.05) is 71.9 Å². The van der Waals surface area contributed by atoms with Gasteiger partial charge in [0, 0.05) is 85.4 Å². The Kier molecular flexibility index (Phi) is 17.2. The molecule has 0 bridgehead atoms. The van der Waals surface area contributed by atoms with Gasteiger partial charge >= 0.3 is 0 Å². The number of hydrogen-bond acceptors (Lipinski definition) is 13. The van der Waals surface area contributed by atoms with Gasteiger partial charge in [0.05, 0.1) is 85.4 Å². The zero-order valence-electron chi connectivity index (χ0n) is 44.2. The highest BCUT2D eigenvalue weighted by molar-refractivity contribution is 7.13. The number of amides is 4. The van der Waals surface area contributed by atoms with Crippen LogP contribution >= 0.6 is 11.3 Å². The van der Waals surface area contributed by atoms with Crippen LogP contribution < -0.4 is 15.5 Å². The quantitative estimate of drug-likeness (QED) is 0.0642. The molecule has 2 aromatic heterocycles. The number of likely N-dealkylation sites (tertiary alicyclic amines) is 1. The van der Waals surface area contributed by atoms with E-state index in [1.807, 2.05) is 68.4 Å². The summed E-state index contributed by atoms with van der Waals surface area (Å²) in [5.41, 5.74) is 10.2. The van der Waals surface area contributed by atoms with Crippen LogP contribution in [0.2, 0.25) is 0 Å². The second-order valence-electron chi connectivity index (χ2n) is 21.2. The smallest absolute Gasteiger partial charge is 0.246 e. The number of aryl methyl sites for hydroxylation is 2. The van der Waals surface area contributed by atoms with E-state index in [-0.39, 0.29) is 82.3 Å². The van der Waals surface area contributed by atoms with E-state index in [2.05, 4.69) is 64.5 Å². The molecule has 75 heavy (non-hydrogen) atoms. The molecule has 2 saturated heterocycles. The highest BCUT2D eigenvalue weighted by Crippen LogP contribution is 2.46. The van der Waals surface area contributed by atoms with E-state index in [9.17, 15) is 34.3 Å². The van der Waals surface area contributed by atoms with Crippen molar-refractivity contribution in [2.75, 3.05) is 77.3 Å². The summed E-state index contributed by atoms with van der Waals surface area (Å²) >= 11 is 1.57. The van der Waals surface area contributed by atoms with Crippen molar-refractivity contribution >= 4 is 57.3 Å². The minimum atomic E-state index is -0.945. The van der Waals surface area contributed by atoms with Gasteiger partial charge in [-0.3, -0.25) is 24.0 Å². The van der Waals surface area contributed by atoms with Gasteiger partial charge in [-0.25, -0.2) is 4.98 Å². The molecule has 2 aliphatic heterocycles. The van der Waals surface area contributed by atoms with E-state index >= 15 is 0 Å². The number of aliphatic hydroxyl groups is 1. The molecule has 3 aromatic carbocycles. The summed E-state index contributed by atoms with van der Waals surface area (Å²) < 4.78 is 17.0. The van der Waals surface area contributed by atoms with Crippen molar-refractivity contribution in [3.63, 3.8) is 0 Å². The number of ether oxygens (including phenoxy) is 3. The standard InChI is InChI=1S/C57H70N8O9S/c1-8-38-28-42-43(57(6,7)52-49(50(42)69)41-14-11-37(31-58)27-44(41)61-52)30-45(38)63-17-19-64(20-18-63)48(68)16-22-73-24-26-74-25-23-72-21-15-47(67)62-53(56(3,4)5)55(71)65-33-40(66)29-46(65)54(70)59-32-36-9-12-39(13-10-36)51-35(2)60-34-75-51/h9-14,27-28,30,34,40,46,53,61,66H,8,15-26,29,32-33H2,1-7H3,(H,59,70)(H,62,67)/t40-,46+,53?/m1/s1. The molecular weight excluding hydrogens is 973 g/mol. The van der Waals surface area contributed by atoms with Crippen LogP contribution in [0.25, 0.3) is 21.3 Å². The first-order valence-corrected chi connectivity index (χ1v) is 26.9. The Morgan fingerprint density at radius 1 is 0.947 bits per heavy atom. The fourth-order valence-electron chi connectivity index (χ4n) is 10.4. The number of fused-ring (bicyclic) bond motifs is 4. The molecule has 5 aromatic rings. The Morgan fingerprint density at radius 2 is 1.63 bits per heavy atom. The highest BCUT2D eigenvalue weighted by atomic mass is 32.1. The van der Waals surface area contributed by atoms with E-state index in [0.29, 0.717) is 56.1 Å². The third-order valence-electron chi connectivity index (χ3n) is 14.7. The van der Waals surface area contributed by atoms with Gasteiger partial charge in [-0.15, -0.1) is 11.3 Å². The number of aromatic amines is 1. The van der Waals surface area contributed by atoms with Crippen LogP contribution in [0.5, 0.6) is 0 Å². The highest BCUT2D eigenvalue weighted by Gasteiger charge is 2.45. The number of anilines is 1. The van der Waals surface area contributed by atoms with Crippen molar-refractivity contribution in [3.8, 4) is 16.5 Å². The van der Waals surface area contributed by atoms with E-state index in [0.717, 1.165) is 61.5 Å². The van der Waals surface area contributed by atoms with Crippen LogP contribution in [0.15, 0.2) is 60.1 Å². The summed E-state index contributed by atoms with van der Waals surface area (Å²) in [6.45, 7) is 18.1. The van der Waals surface area contributed by atoms with Crippen LogP contribution in [0.3, 0.4) is 0 Å². The molecule has 2 fully saturated rings. The van der Waals surface area contributed by atoms with Crippen molar-refractivity contribution in [1.29, 1.82) is 5.26 Å². The Bertz CT molecular complexity index is 2940. The van der Waals surface area contributed by atoms with E-state index in [1.54, 1.807) is 23.5 Å². The topological polar surface area (TPSA) is 220 Å². The molecule has 0 spiro atoms. The first-order valence-electron chi connectivity index (χ1n) is 26.0. The fraction of sp³-hybridized carbons (Fsp3) is 0.491. The number of carbonyl (C=O) groups is 5. The van der Waals surface area contributed by atoms with Crippen molar-refractivity contribution < 1.29 is 43.3 Å². The maximum atomic E-state index is 14.1. The van der Waals surface area contributed by atoms with Crippen molar-refractivity contribution in [2.45, 2.75) is 104 Å². The summed E-state index contributed by atoms with van der Waals surface area (Å²) in [4.78, 5) is 82.3. The molecule has 0 radical (unpaired) electrons. The number of nitriles is 1. The van der Waals surface area contributed by atoms with Gasteiger partial charge < -0.3 is 49.6 Å². The molecule has 4 heterocycles. The molecule has 8 rings (SSSR count). The van der Waals surface area contributed by atoms with Gasteiger partial charge in [-0.05, 0) is 65.3 Å². The summed E-state index contributed by atoms with van der Waals surface area (Å²) in [6.07, 6.45) is 0.241. The number of ketones is 1. The van der Waals surface area contributed by atoms with E-state index in [4.69, 9.17) is 14.2 Å². The molecule has 3 atom stereocenters. The maximum Gasteiger partial charge on any atom is 0.246 e. The van der Waals surface area contributed by atoms with Crippen molar-refractivity contribution in [1.82, 2.24) is 30.4 Å². The first kappa shape index (κ1) is 54.8. The van der Waals surface area contributed by atoms with Crippen molar-refractivity contribution in [2.24, 2.45) is 5.41 Å². The number of nitrogens with zero attached hydrogens (tertiary/aromatic N) is 5. The van der Waals surface area contributed by atoms with Crippen LogP contribution in [0.4, 0.5) is 5.69 Å². The number of aromatic nitrogens is 2. The van der Waals surface area contributed by atoms with E-state index < -0.39 is 34.9 Å². The fourth-order valence-corrected chi connectivity index (χ4v) is 11.2. The summed E-state index contributed by atoms with van der Waals surface area (Å²) in [7, 11) is 0. The zero-order valence-corrected chi connectivity index (χ0v) is 45.0. The summed E-state index contributed by atoms with van der Waals surface area (Å²) in [5.74, 6) is -1.16. The third kappa shape index (κ3) is 12.3. The summed E-state index contributed by atoms with van der Waals surface area (Å²) in [5, 5.41) is 26.7. The van der Waals surface area contributed by atoms with Gasteiger partial charge in [0.2, 0.25) is 23.6 Å². The number of rotatable bonds is 20. The normalized spacial score (nSPS) is 17.6. The predicted molar refractivity (Wildman–Crippen MR) is 287 cm³/mol. The van der Waals surface area contributed by atoms with Crippen molar-refractivity contribution in [3.05, 3.63) is 105 Å². The Morgan fingerprint density at radius 3 is 2.27 bits per heavy atom. The SMILES string of the molecule is CCc1cc2c(cc1N1CCN(C(=O)CCOCCOCCOCCC(=O)NC(C(=O)N3C[C@H](O)C[C@H]3C(=O)NCc3ccc(-c4scnc4C)cc3)C(C)(C)C)CC1)C(C)(C)c1[nH]c3cc(C#N)ccc3c1C2=O. The minimum absolute atomic E-state index is 0.00821. The number of thiazole rings is 1. The predicted octanol–water partition coefficient (Wildman–Crippen LogP) is 6.19. The molecular formula is C57H70N8O9S. The zero-order chi connectivity index (χ0) is 53.6. The molecule has 398 valence electrons. The second kappa shape index (κ2) is 23.6. The lowest BCUT2D eigenvalue weighted by atomic mass is 9.70. The summed E-state index contributed by atoms with van der Waals surface area (Å²) in [6, 6.07) is 17.9. The largest absolute Gasteiger partial charge is 0.391 e. The van der Waals surface area contributed by atoms with Crippen LogP contribution in [-0.4, -0.2) is 145 Å². The lowest BCUT2D eigenvalue weighted by Crippen LogP contribution is -2.57. The monoisotopic (exact) mass is 1040 g/mol. The molecule has 4 amide bonds. The average molecular weight is 1040 g/mol. The first-order chi connectivity index (χ1) is 35.9. The number of aliphatic hydroxyl groups excluding tert-OH is 1. The number of β-amino-alcohol motifs (C(OH)–C–C–N with tert-alkyl or cyclic N) is 1. The Hall–Kier alpha value is -6.49. The number of benzene rings is 3. The molecule has 18 heteroatoms. The van der Waals surface area contributed by atoms with E-state index in [1.165, 1.54) is 4.90 Å². The van der Waals surface area contributed by atoms with Gasteiger partial charge in [0.25, 0.3) is 0 Å². The number of carbonyl (C=O) groups excluding carboxylic acids is 5. The molecule has 1 unspecified atom stereocenters. The average Bonchev–Trinajstić information content (AvgIpc) is 4.16. The van der Waals surface area contributed by atoms with Gasteiger partial charge in [0.15, 0.2) is 5.78 Å². The number of piperazine rings is 1. The maximum absolute atomic E-state index is 14.1. The number of H-pyrrole nitrogens is 1. The third-order valence-corrected chi connectivity index (χ3v) is 15.6. The van der Waals surface area contributed by atoms with Gasteiger partial charge in [-0.2, -0.15) is 5.26 Å². The Labute approximate surface area is 442 Å². The number of nitrogens with one attached hydrogen (secondary N) is 3.